The lowest BCUT2D eigenvalue weighted by atomic mass is 9.93. The SMILES string of the molecule is [C-]#[N+]c1ccc(N2CCC(C(=O)Nc3ccc(N4CCC(CN(C)CC5CCN(c6ccc7c(c6)C(=O)N(C6CCC(=O)NC6=O)C7=O)CC5)CC4)cn3)CC2)cc1C(F)(F)F. The highest BCUT2D eigenvalue weighted by atomic mass is 19.4. The van der Waals surface area contributed by atoms with Gasteiger partial charge in [-0.3, -0.25) is 34.2 Å². The molecule has 17 heteroatoms. The van der Waals surface area contributed by atoms with Gasteiger partial charge in [-0.05, 0) is 106 Å². The lowest BCUT2D eigenvalue weighted by Gasteiger charge is -2.38. The van der Waals surface area contributed by atoms with Crippen LogP contribution < -0.4 is 25.3 Å². The third kappa shape index (κ3) is 9.11. The van der Waals surface area contributed by atoms with Gasteiger partial charge in [-0.2, -0.15) is 13.2 Å². The molecule has 2 aromatic carbocycles. The number of imide groups is 2. The van der Waals surface area contributed by atoms with Crippen LogP contribution in [0.25, 0.3) is 4.85 Å². The fraction of sp³-hybridized carbons (Fsp3) is 0.489. The molecular formula is C45H50F3N9O5. The van der Waals surface area contributed by atoms with Crippen LogP contribution in [0.15, 0.2) is 54.7 Å². The average Bonchev–Trinajstić information content (AvgIpc) is 3.51. The lowest BCUT2D eigenvalue weighted by molar-refractivity contribution is -0.137. The molecule has 2 N–H and O–H groups in total. The Hall–Kier alpha value is -6.02. The summed E-state index contributed by atoms with van der Waals surface area (Å²) in [7, 11) is 2.19. The molecule has 1 aromatic heterocycles. The number of carbonyl (C=O) groups excluding carboxylic acids is 5. The minimum Gasteiger partial charge on any atom is -0.372 e. The Morgan fingerprint density at radius 2 is 1.35 bits per heavy atom. The molecule has 5 aliphatic rings. The highest BCUT2D eigenvalue weighted by Gasteiger charge is 2.45. The van der Waals surface area contributed by atoms with Gasteiger partial charge in [-0.25, -0.2) is 9.83 Å². The number of amides is 5. The van der Waals surface area contributed by atoms with E-state index >= 15 is 0 Å². The Morgan fingerprint density at radius 1 is 0.790 bits per heavy atom. The average molecular weight is 854 g/mol. The highest BCUT2D eigenvalue weighted by molar-refractivity contribution is 6.23. The smallest absolute Gasteiger partial charge is 0.372 e. The van der Waals surface area contributed by atoms with E-state index in [9.17, 15) is 37.1 Å². The van der Waals surface area contributed by atoms with Gasteiger partial charge in [0.15, 0.2) is 5.69 Å². The van der Waals surface area contributed by atoms with Crippen molar-refractivity contribution < 1.29 is 37.1 Å². The summed E-state index contributed by atoms with van der Waals surface area (Å²) < 4.78 is 40.5. The number of anilines is 4. The van der Waals surface area contributed by atoms with Gasteiger partial charge in [0.05, 0.1) is 35.1 Å². The number of fused-ring (bicyclic) bond motifs is 1. The molecule has 4 saturated heterocycles. The molecule has 0 bridgehead atoms. The molecule has 62 heavy (non-hydrogen) atoms. The molecule has 0 spiro atoms. The van der Waals surface area contributed by atoms with Gasteiger partial charge in [-0.15, -0.1) is 0 Å². The van der Waals surface area contributed by atoms with E-state index in [1.165, 1.54) is 12.1 Å². The molecule has 5 aliphatic heterocycles. The molecule has 8 rings (SSSR count). The third-order valence-electron chi connectivity index (χ3n) is 13.2. The van der Waals surface area contributed by atoms with Gasteiger partial charge >= 0.3 is 6.18 Å². The second kappa shape index (κ2) is 17.8. The Morgan fingerprint density at radius 3 is 1.94 bits per heavy atom. The summed E-state index contributed by atoms with van der Waals surface area (Å²) in [4.78, 5) is 81.0. The maximum Gasteiger partial charge on any atom is 0.407 e. The van der Waals surface area contributed by atoms with Gasteiger partial charge in [-0.1, -0.05) is 6.07 Å². The van der Waals surface area contributed by atoms with Gasteiger partial charge in [0.2, 0.25) is 17.7 Å². The summed E-state index contributed by atoms with van der Waals surface area (Å²) in [5, 5.41) is 5.15. The van der Waals surface area contributed by atoms with Crippen LogP contribution in [-0.4, -0.2) is 110 Å². The summed E-state index contributed by atoms with van der Waals surface area (Å²) in [6.07, 6.45) is 2.49. The van der Waals surface area contributed by atoms with Crippen molar-refractivity contribution in [2.75, 3.05) is 79.4 Å². The Bertz CT molecular complexity index is 2260. The van der Waals surface area contributed by atoms with E-state index in [2.05, 4.69) is 42.2 Å². The van der Waals surface area contributed by atoms with Crippen LogP contribution in [0.1, 0.15) is 77.6 Å². The molecule has 3 aromatic rings. The topological polar surface area (TPSA) is 143 Å². The number of halogens is 3. The predicted octanol–water partition coefficient (Wildman–Crippen LogP) is 5.97. The number of rotatable bonds is 10. The Kier molecular flexibility index (Phi) is 12.2. The van der Waals surface area contributed by atoms with E-state index in [1.807, 2.05) is 23.1 Å². The van der Waals surface area contributed by atoms with Gasteiger partial charge in [0.1, 0.15) is 11.9 Å². The molecule has 5 amide bonds. The number of aromatic nitrogens is 1. The van der Waals surface area contributed by atoms with Crippen LogP contribution in [-0.2, 0) is 20.6 Å². The predicted molar refractivity (Wildman–Crippen MR) is 226 cm³/mol. The molecule has 326 valence electrons. The van der Waals surface area contributed by atoms with Crippen molar-refractivity contribution in [3.63, 3.8) is 0 Å². The van der Waals surface area contributed by atoms with Crippen LogP contribution in [0.2, 0.25) is 0 Å². The van der Waals surface area contributed by atoms with E-state index < -0.39 is 47.1 Å². The third-order valence-corrected chi connectivity index (χ3v) is 13.2. The first-order valence-electron chi connectivity index (χ1n) is 21.4. The summed E-state index contributed by atoms with van der Waals surface area (Å²) in [5.74, 6) is -0.871. The van der Waals surface area contributed by atoms with E-state index in [4.69, 9.17) is 6.57 Å². The first kappa shape index (κ1) is 42.7. The van der Waals surface area contributed by atoms with Crippen molar-refractivity contribution in [2.24, 2.45) is 17.8 Å². The zero-order valence-electron chi connectivity index (χ0n) is 34.6. The van der Waals surface area contributed by atoms with Crippen LogP contribution in [0.4, 0.5) is 41.7 Å². The van der Waals surface area contributed by atoms with Crippen molar-refractivity contribution in [2.45, 2.75) is 63.6 Å². The zero-order chi connectivity index (χ0) is 43.7. The number of carbonyl (C=O) groups is 5. The monoisotopic (exact) mass is 853 g/mol. The van der Waals surface area contributed by atoms with Gasteiger partial charge in [0.25, 0.3) is 11.8 Å². The first-order valence-corrected chi connectivity index (χ1v) is 21.4. The molecule has 1 unspecified atom stereocenters. The molecule has 0 aliphatic carbocycles. The standard InChI is InChI=1S/C45H50F3N9O5/c1-49-37-7-4-32(24-36(37)45(46,47)48)55-21-15-30(16-22-55)41(59)51-39-9-5-33(25-50-39)56-19-13-29(14-20-56)27-53(2)26-28-11-17-54(18-12-28)31-3-6-34-35(23-31)44(62)57(43(34)61)38-8-10-40(58)52-42(38)60/h3-7,9,23-25,28-30,38H,8,10-22,26-27H2,2H3,(H,50,51,59)(H,52,58,60). The van der Waals surface area contributed by atoms with Crippen LogP contribution in [0.5, 0.6) is 0 Å². The number of hydrogen-bond donors (Lipinski definition) is 2. The van der Waals surface area contributed by atoms with Crippen molar-refractivity contribution in [1.29, 1.82) is 0 Å². The van der Waals surface area contributed by atoms with Crippen LogP contribution >= 0.6 is 0 Å². The number of alkyl halides is 3. The largest absolute Gasteiger partial charge is 0.407 e. The van der Waals surface area contributed by atoms with Crippen LogP contribution in [0, 0.1) is 24.3 Å². The molecule has 1 atom stereocenters. The Labute approximate surface area is 358 Å². The van der Waals surface area contributed by atoms with E-state index in [0.717, 1.165) is 87.3 Å². The molecular weight excluding hydrogens is 804 g/mol. The number of nitrogens with one attached hydrogen (secondary N) is 2. The molecule has 0 saturated carbocycles. The minimum atomic E-state index is -4.62. The number of nitrogens with zero attached hydrogens (tertiary/aromatic N) is 7. The zero-order valence-corrected chi connectivity index (χ0v) is 34.6. The van der Waals surface area contributed by atoms with Crippen molar-refractivity contribution >= 4 is 58.1 Å². The van der Waals surface area contributed by atoms with Crippen molar-refractivity contribution in [3.05, 3.63) is 82.8 Å². The summed E-state index contributed by atoms with van der Waals surface area (Å²) in [6, 6.07) is 11.9. The molecule has 0 radical (unpaired) electrons. The summed E-state index contributed by atoms with van der Waals surface area (Å²) >= 11 is 0. The van der Waals surface area contributed by atoms with Gasteiger partial charge in [0, 0.05) is 76.1 Å². The fourth-order valence-corrected chi connectivity index (χ4v) is 9.68. The highest BCUT2D eigenvalue weighted by Crippen LogP contribution is 2.40. The summed E-state index contributed by atoms with van der Waals surface area (Å²) in [6.45, 7) is 13.4. The maximum absolute atomic E-state index is 13.5. The number of hydrogen-bond acceptors (Lipinski definition) is 10. The number of benzene rings is 2. The number of pyridine rings is 1. The Balaban J connectivity index is 0.742. The summed E-state index contributed by atoms with van der Waals surface area (Å²) in [5.41, 5.74) is 1.50. The minimum absolute atomic E-state index is 0.0830. The quantitative estimate of drug-likeness (QED) is 0.185. The van der Waals surface area contributed by atoms with E-state index in [1.54, 1.807) is 18.3 Å². The molecule has 6 heterocycles. The molecule has 14 nitrogen and oxygen atoms in total. The van der Waals surface area contributed by atoms with Crippen molar-refractivity contribution in [1.82, 2.24) is 20.1 Å². The van der Waals surface area contributed by atoms with E-state index in [-0.39, 0.29) is 30.2 Å². The van der Waals surface area contributed by atoms with Crippen molar-refractivity contribution in [3.8, 4) is 0 Å². The van der Waals surface area contributed by atoms with E-state index in [0.29, 0.717) is 54.8 Å². The maximum atomic E-state index is 13.5. The second-order valence-corrected chi connectivity index (χ2v) is 17.2. The number of piperidine rings is 4. The molecule has 4 fully saturated rings. The fourth-order valence-electron chi connectivity index (χ4n) is 9.68. The van der Waals surface area contributed by atoms with Crippen LogP contribution in [0.3, 0.4) is 0 Å². The van der Waals surface area contributed by atoms with Gasteiger partial charge < -0.3 is 24.9 Å². The normalized spacial score (nSPS) is 20.7. The lowest BCUT2D eigenvalue weighted by Crippen LogP contribution is -2.54. The second-order valence-electron chi connectivity index (χ2n) is 17.2. The first-order chi connectivity index (χ1) is 29.7.